The van der Waals surface area contributed by atoms with Crippen LogP contribution in [0.4, 0.5) is 5.95 Å². The maximum absolute atomic E-state index is 5.46. The molecule has 6 nitrogen and oxygen atoms in total. The highest BCUT2D eigenvalue weighted by atomic mass is 16.3. The maximum Gasteiger partial charge on any atom is 0.251 e. The Morgan fingerprint density at radius 3 is 3.21 bits per heavy atom. The summed E-state index contributed by atoms with van der Waals surface area (Å²) in [5, 5.41) is 3.04. The second-order valence-corrected chi connectivity index (χ2v) is 3.02. The van der Waals surface area contributed by atoms with Gasteiger partial charge in [0.25, 0.3) is 5.71 Å². The molecule has 2 aromatic rings. The van der Waals surface area contributed by atoms with Gasteiger partial charge in [-0.1, -0.05) is 0 Å². The molecule has 0 aliphatic heterocycles. The lowest BCUT2D eigenvalue weighted by Crippen LogP contribution is -2.26. The third kappa shape index (κ3) is 1.64. The Bertz CT molecular complexity index is 426. The number of anilines is 1. The first-order valence-corrected chi connectivity index (χ1v) is 4.32. The van der Waals surface area contributed by atoms with E-state index in [-0.39, 0.29) is 6.04 Å². The standard InChI is InChI=1S/C8H11N5O/c1-5(2-9)12-8-10-3-6-7(13-8)14-4-11-6/h3-5H,2,9H2,1H3,(H,10,12,13). The van der Waals surface area contributed by atoms with Crippen molar-refractivity contribution in [1.29, 1.82) is 0 Å². The van der Waals surface area contributed by atoms with Gasteiger partial charge in [0.15, 0.2) is 6.39 Å². The molecule has 0 fully saturated rings. The number of nitrogens with one attached hydrogen (secondary N) is 1. The topological polar surface area (TPSA) is 89.9 Å². The average molecular weight is 193 g/mol. The fraction of sp³-hybridized carbons (Fsp3) is 0.375. The summed E-state index contributed by atoms with van der Waals surface area (Å²) in [7, 11) is 0. The first-order valence-electron chi connectivity index (χ1n) is 4.32. The third-order valence-corrected chi connectivity index (χ3v) is 1.82. The van der Waals surface area contributed by atoms with Crippen LogP contribution in [0.3, 0.4) is 0 Å². The van der Waals surface area contributed by atoms with E-state index >= 15 is 0 Å². The van der Waals surface area contributed by atoms with Crippen LogP contribution in [0, 0.1) is 0 Å². The molecule has 0 spiro atoms. The lowest BCUT2D eigenvalue weighted by molar-refractivity contribution is 0.590. The van der Waals surface area contributed by atoms with Crippen molar-refractivity contribution in [3.8, 4) is 0 Å². The summed E-state index contributed by atoms with van der Waals surface area (Å²) in [4.78, 5) is 12.1. The Kier molecular flexibility index (Phi) is 2.28. The molecule has 2 rings (SSSR count). The molecular formula is C8H11N5O. The van der Waals surface area contributed by atoms with Crippen molar-refractivity contribution in [2.45, 2.75) is 13.0 Å². The number of nitrogens with zero attached hydrogens (tertiary/aromatic N) is 3. The number of aromatic nitrogens is 3. The summed E-state index contributed by atoms with van der Waals surface area (Å²) in [5.74, 6) is 0.507. The number of fused-ring (bicyclic) bond motifs is 1. The van der Waals surface area contributed by atoms with Gasteiger partial charge in [-0.15, -0.1) is 0 Å². The van der Waals surface area contributed by atoms with Crippen molar-refractivity contribution in [3.05, 3.63) is 12.6 Å². The highest BCUT2D eigenvalue weighted by Gasteiger charge is 2.05. The van der Waals surface area contributed by atoms with Crippen LogP contribution in [0.1, 0.15) is 6.92 Å². The molecule has 1 atom stereocenters. The van der Waals surface area contributed by atoms with Gasteiger partial charge in [-0.2, -0.15) is 4.98 Å². The summed E-state index contributed by atoms with van der Waals surface area (Å²) in [6.45, 7) is 2.48. The van der Waals surface area contributed by atoms with Crippen LogP contribution in [0.25, 0.3) is 11.2 Å². The fourth-order valence-electron chi connectivity index (χ4n) is 1.02. The molecule has 0 amide bonds. The summed E-state index contributed by atoms with van der Waals surface area (Å²) in [6.07, 6.45) is 2.95. The number of oxazole rings is 1. The summed E-state index contributed by atoms with van der Waals surface area (Å²) in [6, 6.07) is 0.135. The molecule has 0 radical (unpaired) electrons. The first-order chi connectivity index (χ1) is 6.79. The second kappa shape index (κ2) is 3.59. The highest BCUT2D eigenvalue weighted by molar-refractivity contribution is 5.67. The molecule has 74 valence electrons. The van der Waals surface area contributed by atoms with Crippen molar-refractivity contribution in [3.63, 3.8) is 0 Å². The second-order valence-electron chi connectivity index (χ2n) is 3.02. The normalized spacial score (nSPS) is 13.0. The van der Waals surface area contributed by atoms with Gasteiger partial charge in [-0.25, -0.2) is 9.97 Å². The average Bonchev–Trinajstić information content (AvgIpc) is 2.64. The summed E-state index contributed by atoms with van der Waals surface area (Å²) >= 11 is 0. The monoisotopic (exact) mass is 193 g/mol. The van der Waals surface area contributed by atoms with E-state index in [1.807, 2.05) is 6.92 Å². The largest absolute Gasteiger partial charge is 0.425 e. The molecule has 6 heteroatoms. The predicted molar refractivity (Wildman–Crippen MR) is 51.7 cm³/mol. The van der Waals surface area contributed by atoms with Crippen LogP contribution in [0.5, 0.6) is 0 Å². The van der Waals surface area contributed by atoms with Crippen molar-refractivity contribution in [1.82, 2.24) is 15.0 Å². The van der Waals surface area contributed by atoms with Gasteiger partial charge in [-0.05, 0) is 6.92 Å². The van der Waals surface area contributed by atoms with Gasteiger partial charge in [-0.3, -0.25) is 0 Å². The van der Waals surface area contributed by atoms with Gasteiger partial charge in [0.05, 0.1) is 6.20 Å². The molecule has 0 bridgehead atoms. The Labute approximate surface area is 80.6 Å². The fourth-order valence-corrected chi connectivity index (χ4v) is 1.02. The van der Waals surface area contributed by atoms with Crippen molar-refractivity contribution >= 4 is 17.2 Å². The number of rotatable bonds is 3. The van der Waals surface area contributed by atoms with E-state index < -0.39 is 0 Å². The molecule has 0 aliphatic rings. The highest BCUT2D eigenvalue weighted by Crippen LogP contribution is 2.10. The summed E-state index contributed by atoms with van der Waals surface area (Å²) in [5.41, 5.74) is 6.59. The Morgan fingerprint density at radius 1 is 1.57 bits per heavy atom. The molecular weight excluding hydrogens is 182 g/mol. The zero-order valence-corrected chi connectivity index (χ0v) is 7.77. The Balaban J connectivity index is 2.25. The SMILES string of the molecule is CC(CN)Nc1ncc2ncoc2n1. The molecule has 2 heterocycles. The maximum atomic E-state index is 5.46. The van der Waals surface area contributed by atoms with E-state index in [1.54, 1.807) is 6.20 Å². The van der Waals surface area contributed by atoms with Crippen LogP contribution in [0.2, 0.25) is 0 Å². The number of hydrogen-bond acceptors (Lipinski definition) is 6. The molecule has 2 aromatic heterocycles. The van der Waals surface area contributed by atoms with Gasteiger partial charge in [0.2, 0.25) is 5.95 Å². The summed E-state index contributed by atoms with van der Waals surface area (Å²) < 4.78 is 5.04. The van der Waals surface area contributed by atoms with Crippen molar-refractivity contribution in [2.75, 3.05) is 11.9 Å². The molecule has 3 N–H and O–H groups in total. The first kappa shape index (κ1) is 8.89. The smallest absolute Gasteiger partial charge is 0.251 e. The van der Waals surface area contributed by atoms with Crippen LogP contribution < -0.4 is 11.1 Å². The van der Waals surface area contributed by atoms with Crippen LogP contribution in [0.15, 0.2) is 17.0 Å². The Morgan fingerprint density at radius 2 is 2.43 bits per heavy atom. The van der Waals surface area contributed by atoms with Crippen LogP contribution >= 0.6 is 0 Å². The van der Waals surface area contributed by atoms with E-state index in [4.69, 9.17) is 10.2 Å². The number of nitrogens with two attached hydrogens (primary N) is 1. The van der Waals surface area contributed by atoms with Crippen molar-refractivity contribution < 1.29 is 4.42 Å². The van der Waals surface area contributed by atoms with Crippen LogP contribution in [-0.2, 0) is 0 Å². The predicted octanol–water partition coefficient (Wildman–Crippen LogP) is 0.377. The molecule has 0 aromatic carbocycles. The minimum atomic E-state index is 0.135. The lowest BCUT2D eigenvalue weighted by Gasteiger charge is -2.09. The molecule has 14 heavy (non-hydrogen) atoms. The number of hydrogen-bond donors (Lipinski definition) is 2. The zero-order valence-electron chi connectivity index (χ0n) is 7.77. The molecule has 0 saturated carbocycles. The molecule has 0 saturated heterocycles. The van der Waals surface area contributed by atoms with E-state index in [9.17, 15) is 0 Å². The van der Waals surface area contributed by atoms with Gasteiger partial charge < -0.3 is 15.5 Å². The van der Waals surface area contributed by atoms with E-state index in [0.717, 1.165) is 0 Å². The zero-order chi connectivity index (χ0) is 9.97. The van der Waals surface area contributed by atoms with E-state index in [0.29, 0.717) is 23.7 Å². The van der Waals surface area contributed by atoms with Gasteiger partial charge in [0, 0.05) is 12.6 Å². The third-order valence-electron chi connectivity index (χ3n) is 1.82. The van der Waals surface area contributed by atoms with Crippen LogP contribution in [-0.4, -0.2) is 27.5 Å². The Hall–Kier alpha value is -1.69. The molecule has 0 aliphatic carbocycles. The van der Waals surface area contributed by atoms with Gasteiger partial charge in [0.1, 0.15) is 5.52 Å². The quantitative estimate of drug-likeness (QED) is 0.732. The minimum Gasteiger partial charge on any atom is -0.425 e. The minimum absolute atomic E-state index is 0.135. The van der Waals surface area contributed by atoms with E-state index in [2.05, 4.69) is 20.3 Å². The molecule has 1 unspecified atom stereocenters. The van der Waals surface area contributed by atoms with E-state index in [1.165, 1.54) is 6.39 Å². The van der Waals surface area contributed by atoms with Gasteiger partial charge >= 0.3 is 0 Å². The van der Waals surface area contributed by atoms with Crippen molar-refractivity contribution in [2.24, 2.45) is 5.73 Å². The lowest BCUT2D eigenvalue weighted by atomic mass is 10.3.